The first-order valence-electron chi connectivity index (χ1n) is 6.54. The topological polar surface area (TPSA) is 74.9 Å². The Bertz CT molecular complexity index is 440. The number of furan rings is 1. The van der Waals surface area contributed by atoms with Gasteiger partial charge in [0.15, 0.2) is 0 Å². The first-order valence-corrected chi connectivity index (χ1v) is 6.54. The molecule has 2 unspecified atom stereocenters. The maximum atomic E-state index is 11.3. The normalized spacial score (nSPS) is 15.9. The van der Waals surface area contributed by atoms with Crippen molar-refractivity contribution in [3.05, 3.63) is 23.7 Å². The van der Waals surface area contributed by atoms with E-state index in [1.165, 1.54) is 7.11 Å². The van der Waals surface area contributed by atoms with Gasteiger partial charge in [-0.15, -0.1) is 0 Å². The predicted octanol–water partition coefficient (Wildman–Crippen LogP) is 1.03. The Kier molecular flexibility index (Phi) is 5.74. The molecule has 1 rings (SSSR count). The van der Waals surface area contributed by atoms with E-state index in [1.807, 2.05) is 25.9 Å². The summed E-state index contributed by atoms with van der Waals surface area (Å²) in [6.07, 6.45) is 0. The van der Waals surface area contributed by atoms with Gasteiger partial charge < -0.3 is 24.5 Å². The van der Waals surface area contributed by atoms with Gasteiger partial charge in [0.1, 0.15) is 5.76 Å². The molecule has 0 saturated carbocycles. The standard InChI is InChI=1S/C14H24N2O4/c1-10(15-8-14(2,18)9-16(3)4)11-6-7-12(20-11)13(17)19-5/h6-7,10,15,18H,8-9H2,1-5H3. The third-order valence-electron chi connectivity index (χ3n) is 2.89. The van der Waals surface area contributed by atoms with E-state index in [4.69, 9.17) is 4.42 Å². The molecule has 0 fully saturated rings. The lowest BCUT2D eigenvalue weighted by atomic mass is 10.1. The van der Waals surface area contributed by atoms with E-state index in [2.05, 4.69) is 10.1 Å². The fourth-order valence-corrected chi connectivity index (χ4v) is 2.01. The molecule has 1 heterocycles. The van der Waals surface area contributed by atoms with Gasteiger partial charge in [0.2, 0.25) is 5.76 Å². The van der Waals surface area contributed by atoms with Crippen molar-refractivity contribution < 1.29 is 19.1 Å². The van der Waals surface area contributed by atoms with Gasteiger partial charge in [-0.1, -0.05) is 0 Å². The number of aliphatic hydroxyl groups is 1. The van der Waals surface area contributed by atoms with Gasteiger partial charge in [-0.25, -0.2) is 4.79 Å². The summed E-state index contributed by atoms with van der Waals surface area (Å²) >= 11 is 0. The van der Waals surface area contributed by atoms with Crippen LogP contribution in [0.1, 0.15) is 36.2 Å². The molecule has 20 heavy (non-hydrogen) atoms. The highest BCUT2D eigenvalue weighted by atomic mass is 16.5. The van der Waals surface area contributed by atoms with Crippen molar-refractivity contribution in [2.24, 2.45) is 0 Å². The summed E-state index contributed by atoms with van der Waals surface area (Å²) in [4.78, 5) is 13.2. The summed E-state index contributed by atoms with van der Waals surface area (Å²) in [5.41, 5.74) is -0.838. The van der Waals surface area contributed by atoms with Gasteiger partial charge in [0.05, 0.1) is 18.8 Å². The molecule has 0 aliphatic rings. The molecule has 0 aliphatic heterocycles. The van der Waals surface area contributed by atoms with Gasteiger partial charge in [0.25, 0.3) is 0 Å². The highest BCUT2D eigenvalue weighted by Crippen LogP contribution is 2.17. The molecule has 0 aromatic carbocycles. The summed E-state index contributed by atoms with van der Waals surface area (Å²) < 4.78 is 10.0. The van der Waals surface area contributed by atoms with Crippen molar-refractivity contribution in [2.75, 3.05) is 34.3 Å². The molecule has 0 radical (unpaired) electrons. The predicted molar refractivity (Wildman–Crippen MR) is 75.6 cm³/mol. The van der Waals surface area contributed by atoms with Gasteiger partial charge in [-0.3, -0.25) is 0 Å². The van der Waals surface area contributed by atoms with Crippen LogP contribution >= 0.6 is 0 Å². The van der Waals surface area contributed by atoms with Crippen LogP contribution in [0.5, 0.6) is 0 Å². The number of ether oxygens (including phenoxy) is 1. The van der Waals surface area contributed by atoms with E-state index in [0.29, 0.717) is 18.8 Å². The Morgan fingerprint density at radius 2 is 2.20 bits per heavy atom. The number of nitrogens with zero attached hydrogens (tertiary/aromatic N) is 1. The molecule has 2 N–H and O–H groups in total. The van der Waals surface area contributed by atoms with Gasteiger partial charge in [-0.05, 0) is 40.1 Å². The minimum Gasteiger partial charge on any atom is -0.463 e. The summed E-state index contributed by atoms with van der Waals surface area (Å²) in [7, 11) is 5.13. The monoisotopic (exact) mass is 284 g/mol. The minimum atomic E-state index is -0.838. The maximum absolute atomic E-state index is 11.3. The van der Waals surface area contributed by atoms with E-state index < -0.39 is 11.6 Å². The fourth-order valence-electron chi connectivity index (χ4n) is 2.01. The fraction of sp³-hybridized carbons (Fsp3) is 0.643. The summed E-state index contributed by atoms with van der Waals surface area (Å²) in [5.74, 6) is 0.310. The molecule has 6 heteroatoms. The van der Waals surface area contributed by atoms with Gasteiger partial charge in [-0.2, -0.15) is 0 Å². The molecule has 0 aliphatic carbocycles. The molecule has 6 nitrogen and oxygen atoms in total. The number of likely N-dealkylation sites (N-methyl/N-ethyl adjacent to an activating group) is 1. The van der Waals surface area contributed by atoms with Crippen LogP contribution in [-0.4, -0.2) is 55.9 Å². The average Bonchev–Trinajstić information content (AvgIpc) is 2.83. The van der Waals surface area contributed by atoms with Crippen molar-refractivity contribution in [1.82, 2.24) is 10.2 Å². The van der Waals surface area contributed by atoms with Crippen molar-refractivity contribution in [3.63, 3.8) is 0 Å². The largest absolute Gasteiger partial charge is 0.463 e. The number of hydrogen-bond acceptors (Lipinski definition) is 6. The second-order valence-electron chi connectivity index (χ2n) is 5.53. The SMILES string of the molecule is COC(=O)c1ccc(C(C)NCC(C)(O)CN(C)C)o1. The summed E-state index contributed by atoms with van der Waals surface area (Å²) in [6.45, 7) is 4.65. The molecule has 1 aromatic heterocycles. The van der Waals surface area contributed by atoms with E-state index >= 15 is 0 Å². The zero-order valence-electron chi connectivity index (χ0n) is 12.8. The van der Waals surface area contributed by atoms with Crippen LogP contribution in [0.3, 0.4) is 0 Å². The smallest absolute Gasteiger partial charge is 0.373 e. The molecule has 0 bridgehead atoms. The minimum absolute atomic E-state index is 0.109. The maximum Gasteiger partial charge on any atom is 0.373 e. The van der Waals surface area contributed by atoms with Gasteiger partial charge >= 0.3 is 5.97 Å². The number of hydrogen-bond donors (Lipinski definition) is 2. The van der Waals surface area contributed by atoms with Crippen LogP contribution in [0.4, 0.5) is 0 Å². The zero-order chi connectivity index (χ0) is 15.3. The molecule has 114 valence electrons. The van der Waals surface area contributed by atoms with Crippen molar-refractivity contribution >= 4 is 5.97 Å². The quantitative estimate of drug-likeness (QED) is 0.728. The Balaban J connectivity index is 2.56. The third kappa shape index (κ3) is 4.96. The lowest BCUT2D eigenvalue weighted by Gasteiger charge is -2.28. The summed E-state index contributed by atoms with van der Waals surface area (Å²) in [5, 5.41) is 13.4. The van der Waals surface area contributed by atoms with Crippen LogP contribution in [0.15, 0.2) is 16.5 Å². The van der Waals surface area contributed by atoms with E-state index in [9.17, 15) is 9.90 Å². The van der Waals surface area contributed by atoms with E-state index in [1.54, 1.807) is 19.1 Å². The molecule has 0 spiro atoms. The first kappa shape index (κ1) is 16.7. The van der Waals surface area contributed by atoms with Crippen molar-refractivity contribution in [1.29, 1.82) is 0 Å². The lowest BCUT2D eigenvalue weighted by molar-refractivity contribution is 0.0310. The van der Waals surface area contributed by atoms with E-state index in [-0.39, 0.29) is 11.8 Å². The Labute approximate surface area is 119 Å². The van der Waals surface area contributed by atoms with Gasteiger partial charge in [0, 0.05) is 13.1 Å². The lowest BCUT2D eigenvalue weighted by Crippen LogP contribution is -2.46. The van der Waals surface area contributed by atoms with E-state index in [0.717, 1.165) is 0 Å². The molecular weight excluding hydrogens is 260 g/mol. The second kappa shape index (κ2) is 6.88. The van der Waals surface area contributed by atoms with Crippen LogP contribution in [0, 0.1) is 0 Å². The van der Waals surface area contributed by atoms with Crippen LogP contribution in [0.25, 0.3) is 0 Å². The molecule has 2 atom stereocenters. The highest BCUT2D eigenvalue weighted by Gasteiger charge is 2.23. The molecule has 1 aromatic rings. The number of rotatable bonds is 7. The van der Waals surface area contributed by atoms with Crippen LogP contribution < -0.4 is 5.32 Å². The third-order valence-corrected chi connectivity index (χ3v) is 2.89. The summed E-state index contributed by atoms with van der Waals surface area (Å²) in [6, 6.07) is 3.20. The molecular formula is C14H24N2O4. The number of esters is 1. The molecule has 0 amide bonds. The Morgan fingerprint density at radius 1 is 1.55 bits per heavy atom. The molecule has 0 saturated heterocycles. The second-order valence-corrected chi connectivity index (χ2v) is 5.53. The number of methoxy groups -OCH3 is 1. The Hall–Kier alpha value is -1.37. The number of carbonyl (C=O) groups excluding carboxylic acids is 1. The van der Waals surface area contributed by atoms with Crippen molar-refractivity contribution in [3.8, 4) is 0 Å². The van der Waals surface area contributed by atoms with Crippen molar-refractivity contribution in [2.45, 2.75) is 25.5 Å². The van der Waals surface area contributed by atoms with Crippen LogP contribution in [-0.2, 0) is 4.74 Å². The average molecular weight is 284 g/mol. The Morgan fingerprint density at radius 3 is 2.75 bits per heavy atom. The highest BCUT2D eigenvalue weighted by molar-refractivity contribution is 5.86. The number of carbonyl (C=O) groups is 1. The zero-order valence-corrected chi connectivity index (χ0v) is 12.8. The van der Waals surface area contributed by atoms with Crippen LogP contribution in [0.2, 0.25) is 0 Å². The number of nitrogens with one attached hydrogen (secondary N) is 1. The first-order chi connectivity index (χ1) is 9.25.